The van der Waals surface area contributed by atoms with Crippen molar-refractivity contribution in [2.75, 3.05) is 11.9 Å². The fraction of sp³-hybridized carbons (Fsp3) is 0.111. The van der Waals surface area contributed by atoms with Crippen LogP contribution >= 0.6 is 0 Å². The Morgan fingerprint density at radius 2 is 1.79 bits per heavy atom. The Morgan fingerprint density at radius 1 is 1.08 bits per heavy atom. The monoisotopic (exact) mass is 323 g/mol. The summed E-state index contributed by atoms with van der Waals surface area (Å²) in [5.74, 6) is -0.676. The van der Waals surface area contributed by atoms with E-state index in [9.17, 15) is 9.90 Å². The lowest BCUT2D eigenvalue weighted by Gasteiger charge is -2.05. The zero-order chi connectivity index (χ0) is 16.9. The molecule has 3 rings (SSSR count). The van der Waals surface area contributed by atoms with E-state index in [4.69, 9.17) is 5.11 Å². The summed E-state index contributed by atoms with van der Waals surface area (Å²) in [6, 6.07) is 16.4. The van der Waals surface area contributed by atoms with Crippen LogP contribution in [0, 0.1) is 0 Å². The molecule has 6 heteroatoms. The summed E-state index contributed by atoms with van der Waals surface area (Å²) in [7, 11) is 0. The quantitative estimate of drug-likeness (QED) is 0.673. The number of nitrogens with zero attached hydrogens (tertiary/aromatic N) is 2. The maximum absolute atomic E-state index is 12.3. The smallest absolute Gasteiger partial charge is 0.280 e. The fourth-order valence-electron chi connectivity index (χ4n) is 2.31. The number of carbonyl (C=O) groups is 1. The molecule has 6 nitrogen and oxygen atoms in total. The maximum atomic E-state index is 12.3. The summed E-state index contributed by atoms with van der Waals surface area (Å²) >= 11 is 0. The van der Waals surface area contributed by atoms with Gasteiger partial charge in [-0.1, -0.05) is 30.3 Å². The van der Waals surface area contributed by atoms with Crippen molar-refractivity contribution in [3.8, 4) is 11.4 Å². The Balaban J connectivity index is 1.76. The highest BCUT2D eigenvalue weighted by Crippen LogP contribution is 2.20. The van der Waals surface area contributed by atoms with Crippen molar-refractivity contribution in [2.24, 2.45) is 0 Å². The highest BCUT2D eigenvalue weighted by atomic mass is 16.3. The number of para-hydroxylation sites is 1. The van der Waals surface area contributed by atoms with Crippen LogP contribution in [0.1, 0.15) is 16.1 Å². The first-order chi connectivity index (χ1) is 11.7. The first-order valence-electron chi connectivity index (χ1n) is 7.52. The zero-order valence-corrected chi connectivity index (χ0v) is 12.9. The van der Waals surface area contributed by atoms with Gasteiger partial charge >= 0.3 is 0 Å². The molecule has 0 unspecified atom stereocenters. The van der Waals surface area contributed by atoms with Gasteiger partial charge in [-0.3, -0.25) is 4.79 Å². The third kappa shape index (κ3) is 3.44. The molecule has 3 aromatic rings. The molecule has 0 aliphatic carbocycles. The summed E-state index contributed by atoms with van der Waals surface area (Å²) in [5.41, 5.74) is 2.28. The first kappa shape index (κ1) is 15.8. The number of aliphatic hydroxyl groups is 1. The number of nitrogens with one attached hydrogen (secondary N) is 1. The third-order valence-corrected chi connectivity index (χ3v) is 3.54. The van der Waals surface area contributed by atoms with Crippen molar-refractivity contribution in [3.05, 3.63) is 72.1 Å². The van der Waals surface area contributed by atoms with E-state index < -0.39 is 5.91 Å². The summed E-state index contributed by atoms with van der Waals surface area (Å²) in [6.07, 6.45) is 1.96. The summed E-state index contributed by atoms with van der Waals surface area (Å²) < 4.78 is 1.45. The minimum Gasteiger partial charge on any atom is -0.504 e. The van der Waals surface area contributed by atoms with Crippen LogP contribution in [0.5, 0.6) is 5.75 Å². The average molecular weight is 323 g/mol. The molecular weight excluding hydrogens is 306 g/mol. The Hall–Kier alpha value is -3.12. The number of anilines is 1. The fourth-order valence-corrected chi connectivity index (χ4v) is 2.31. The lowest BCUT2D eigenvalue weighted by Crippen LogP contribution is -2.13. The summed E-state index contributed by atoms with van der Waals surface area (Å²) in [4.78, 5) is 12.3. The van der Waals surface area contributed by atoms with E-state index in [1.807, 2.05) is 42.5 Å². The average Bonchev–Trinajstić information content (AvgIpc) is 3.00. The van der Waals surface area contributed by atoms with Crippen molar-refractivity contribution >= 4 is 11.6 Å². The van der Waals surface area contributed by atoms with Gasteiger partial charge in [0.1, 0.15) is 0 Å². The number of benzene rings is 2. The Kier molecular flexibility index (Phi) is 4.58. The molecular formula is C18H17N3O3. The lowest BCUT2D eigenvalue weighted by molar-refractivity contribution is 0.101. The van der Waals surface area contributed by atoms with E-state index in [0.29, 0.717) is 12.1 Å². The summed E-state index contributed by atoms with van der Waals surface area (Å²) in [6.45, 7) is 0.0799. The lowest BCUT2D eigenvalue weighted by atomic mass is 10.1. The van der Waals surface area contributed by atoms with Gasteiger partial charge in [0.15, 0.2) is 11.4 Å². The predicted molar refractivity (Wildman–Crippen MR) is 90.4 cm³/mol. The zero-order valence-electron chi connectivity index (χ0n) is 12.9. The predicted octanol–water partition coefficient (Wildman–Crippen LogP) is 2.37. The van der Waals surface area contributed by atoms with Crippen molar-refractivity contribution < 1.29 is 15.0 Å². The largest absolute Gasteiger partial charge is 0.504 e. The van der Waals surface area contributed by atoms with Crippen molar-refractivity contribution in [1.82, 2.24) is 9.78 Å². The number of carbonyl (C=O) groups excluding carboxylic acids is 1. The molecule has 1 heterocycles. The highest BCUT2D eigenvalue weighted by molar-refractivity contribution is 6.04. The SMILES string of the molecule is O=C(Nc1ccc(CCO)cc1)c1nn(-c2ccccc2)cc1O. The standard InChI is InChI=1S/C18H17N3O3/c22-11-10-13-6-8-14(9-7-13)19-18(24)17-16(23)12-21(20-17)15-4-2-1-3-5-15/h1-9,12,22-23H,10-11H2,(H,19,24). The molecule has 0 aliphatic rings. The molecule has 0 fully saturated rings. The van der Waals surface area contributed by atoms with Crippen LogP contribution in [0.4, 0.5) is 5.69 Å². The number of aromatic hydroxyl groups is 1. The van der Waals surface area contributed by atoms with E-state index >= 15 is 0 Å². The molecule has 0 aliphatic heterocycles. The van der Waals surface area contributed by atoms with Crippen LogP contribution in [0.2, 0.25) is 0 Å². The molecule has 1 amide bonds. The van der Waals surface area contributed by atoms with Gasteiger partial charge in [0.25, 0.3) is 5.91 Å². The number of aliphatic hydroxyl groups excluding tert-OH is 1. The second-order valence-electron chi connectivity index (χ2n) is 5.27. The van der Waals surface area contributed by atoms with Crippen molar-refractivity contribution in [2.45, 2.75) is 6.42 Å². The molecule has 24 heavy (non-hydrogen) atoms. The molecule has 1 aromatic heterocycles. The number of hydrogen-bond acceptors (Lipinski definition) is 4. The van der Waals surface area contributed by atoms with E-state index in [1.54, 1.807) is 12.1 Å². The normalized spacial score (nSPS) is 10.5. The second kappa shape index (κ2) is 6.97. The second-order valence-corrected chi connectivity index (χ2v) is 5.27. The van der Waals surface area contributed by atoms with Crippen molar-refractivity contribution in [1.29, 1.82) is 0 Å². The van der Waals surface area contributed by atoms with Gasteiger partial charge in [-0.25, -0.2) is 4.68 Å². The van der Waals surface area contributed by atoms with Gasteiger partial charge in [0.2, 0.25) is 0 Å². The van der Waals surface area contributed by atoms with Crippen LogP contribution in [0.25, 0.3) is 5.69 Å². The third-order valence-electron chi connectivity index (χ3n) is 3.54. The van der Waals surface area contributed by atoms with E-state index in [0.717, 1.165) is 11.3 Å². The molecule has 0 atom stereocenters. The minimum atomic E-state index is -0.489. The van der Waals surface area contributed by atoms with Crippen LogP contribution in [-0.2, 0) is 6.42 Å². The van der Waals surface area contributed by atoms with E-state index in [-0.39, 0.29) is 18.1 Å². The molecule has 122 valence electrons. The number of aromatic nitrogens is 2. The molecule has 0 bridgehead atoms. The molecule has 0 spiro atoms. The van der Waals surface area contributed by atoms with Gasteiger partial charge < -0.3 is 15.5 Å². The van der Waals surface area contributed by atoms with E-state index in [2.05, 4.69) is 10.4 Å². The van der Waals surface area contributed by atoms with Gasteiger partial charge in [0.05, 0.1) is 11.9 Å². The van der Waals surface area contributed by atoms with E-state index in [1.165, 1.54) is 10.9 Å². The van der Waals surface area contributed by atoms with Crippen LogP contribution in [-0.4, -0.2) is 32.5 Å². The number of rotatable bonds is 5. The Labute approximate surface area is 139 Å². The van der Waals surface area contributed by atoms with Gasteiger partial charge in [-0.15, -0.1) is 0 Å². The number of amides is 1. The Bertz CT molecular complexity index is 826. The van der Waals surface area contributed by atoms with Crippen molar-refractivity contribution in [3.63, 3.8) is 0 Å². The first-order valence-corrected chi connectivity index (χ1v) is 7.52. The van der Waals surface area contributed by atoms with Gasteiger partial charge in [0, 0.05) is 12.3 Å². The topological polar surface area (TPSA) is 87.4 Å². The summed E-state index contributed by atoms with van der Waals surface area (Å²) in [5, 5.41) is 25.7. The van der Waals surface area contributed by atoms with Gasteiger partial charge in [-0.2, -0.15) is 5.10 Å². The Morgan fingerprint density at radius 3 is 2.46 bits per heavy atom. The minimum absolute atomic E-state index is 0.0433. The number of hydrogen-bond donors (Lipinski definition) is 3. The van der Waals surface area contributed by atoms with Crippen LogP contribution < -0.4 is 5.32 Å². The van der Waals surface area contributed by atoms with Crippen LogP contribution in [0.3, 0.4) is 0 Å². The molecule has 3 N–H and O–H groups in total. The van der Waals surface area contributed by atoms with Crippen LogP contribution in [0.15, 0.2) is 60.8 Å². The maximum Gasteiger partial charge on any atom is 0.280 e. The molecule has 0 radical (unpaired) electrons. The molecule has 0 saturated carbocycles. The molecule has 2 aromatic carbocycles. The molecule has 0 saturated heterocycles. The highest BCUT2D eigenvalue weighted by Gasteiger charge is 2.17. The van der Waals surface area contributed by atoms with Gasteiger partial charge in [-0.05, 0) is 36.2 Å².